The van der Waals surface area contributed by atoms with Gasteiger partial charge in [0.25, 0.3) is 0 Å². The molecule has 0 fully saturated rings. The summed E-state index contributed by atoms with van der Waals surface area (Å²) in [5.41, 5.74) is 7.63. The van der Waals surface area contributed by atoms with Crippen molar-refractivity contribution in [2.75, 3.05) is 0 Å². The fourth-order valence-corrected chi connectivity index (χ4v) is 8.13. The highest BCUT2D eigenvalue weighted by Gasteiger charge is 2.22. The molecule has 10 rings (SSSR count). The zero-order chi connectivity index (χ0) is 30.2. The maximum absolute atomic E-state index is 2.37. The Labute approximate surface area is 267 Å². The Morgan fingerprint density at radius 1 is 0.217 bits per heavy atom. The van der Waals surface area contributed by atoms with Crippen LogP contribution in [-0.4, -0.2) is 0 Å². The molecule has 0 heterocycles. The van der Waals surface area contributed by atoms with Crippen molar-refractivity contribution in [2.24, 2.45) is 0 Å². The standard InChI is InChI=1S/C46H28/c1-3-13-29(14-4-1)32-27-28-41-43-34(32)21-11-22-36(43)38-23-12-24-39-44(35-19-9-10-20-37(35)46(41)45(38)39)40-26-25-30-15-7-8-18-33(30)42(40)31-16-5-2-6-17-31/h1-28H. The lowest BCUT2D eigenvalue weighted by atomic mass is 9.80. The van der Waals surface area contributed by atoms with Gasteiger partial charge in [0.15, 0.2) is 0 Å². The normalized spacial score (nSPS) is 11.9. The summed E-state index contributed by atoms with van der Waals surface area (Å²) < 4.78 is 0. The molecule has 0 unspecified atom stereocenters. The Balaban J connectivity index is 1.42. The molecule has 0 radical (unpaired) electrons. The third kappa shape index (κ3) is 3.50. The van der Waals surface area contributed by atoms with Crippen LogP contribution < -0.4 is 0 Å². The summed E-state index contributed by atoms with van der Waals surface area (Å²) in [6, 6.07) is 62.7. The Morgan fingerprint density at radius 3 is 1.52 bits per heavy atom. The van der Waals surface area contributed by atoms with E-state index in [1.807, 2.05) is 0 Å². The van der Waals surface area contributed by atoms with Crippen LogP contribution in [0.1, 0.15) is 0 Å². The van der Waals surface area contributed by atoms with Gasteiger partial charge in [-0.3, -0.25) is 0 Å². The van der Waals surface area contributed by atoms with E-state index in [2.05, 4.69) is 170 Å². The van der Waals surface area contributed by atoms with Crippen molar-refractivity contribution < 1.29 is 0 Å². The van der Waals surface area contributed by atoms with Crippen molar-refractivity contribution in [3.05, 3.63) is 170 Å². The van der Waals surface area contributed by atoms with Crippen molar-refractivity contribution in [1.82, 2.24) is 0 Å². The first-order chi connectivity index (χ1) is 22.9. The van der Waals surface area contributed by atoms with E-state index in [1.54, 1.807) is 0 Å². The summed E-state index contributed by atoms with van der Waals surface area (Å²) in [6.07, 6.45) is 0. The van der Waals surface area contributed by atoms with Crippen LogP contribution in [0, 0.1) is 0 Å². The molecule has 0 spiro atoms. The van der Waals surface area contributed by atoms with Crippen molar-refractivity contribution in [2.45, 2.75) is 0 Å². The molecule has 0 N–H and O–H groups in total. The van der Waals surface area contributed by atoms with Gasteiger partial charge in [-0.25, -0.2) is 0 Å². The average molecular weight is 581 g/mol. The zero-order valence-electron chi connectivity index (χ0n) is 25.2. The minimum absolute atomic E-state index is 1.24. The quantitative estimate of drug-likeness (QED) is 0.144. The molecule has 0 aromatic heterocycles. The number of benzene rings is 10. The Kier molecular flexibility index (Phi) is 5.38. The molecule has 0 saturated carbocycles. The molecular formula is C46H28. The van der Waals surface area contributed by atoms with E-state index in [0.29, 0.717) is 0 Å². The highest BCUT2D eigenvalue weighted by atomic mass is 14.2. The Morgan fingerprint density at radius 2 is 0.739 bits per heavy atom. The number of hydrogen-bond donors (Lipinski definition) is 0. The highest BCUT2D eigenvalue weighted by Crippen LogP contribution is 2.50. The van der Waals surface area contributed by atoms with Crippen LogP contribution in [0.15, 0.2) is 170 Å². The molecule has 0 aliphatic rings. The van der Waals surface area contributed by atoms with Gasteiger partial charge in [-0.2, -0.15) is 0 Å². The van der Waals surface area contributed by atoms with Crippen molar-refractivity contribution in [1.29, 1.82) is 0 Å². The lowest BCUT2D eigenvalue weighted by molar-refractivity contribution is 1.64. The Hall–Kier alpha value is -5.98. The first-order valence-electron chi connectivity index (χ1n) is 16.0. The van der Waals surface area contributed by atoms with Crippen LogP contribution in [0.3, 0.4) is 0 Å². The predicted octanol–water partition coefficient (Wildman–Crippen LogP) is 13.0. The first kappa shape index (κ1) is 25.4. The summed E-state index contributed by atoms with van der Waals surface area (Å²) >= 11 is 0. The smallest absolute Gasteiger partial charge is 0.00137 e. The number of hydrogen-bond acceptors (Lipinski definition) is 0. The van der Waals surface area contributed by atoms with Crippen molar-refractivity contribution in [3.8, 4) is 33.4 Å². The minimum Gasteiger partial charge on any atom is -0.0622 e. The molecule has 10 aromatic carbocycles. The van der Waals surface area contributed by atoms with Gasteiger partial charge in [0.05, 0.1) is 0 Å². The van der Waals surface area contributed by atoms with Crippen LogP contribution in [-0.2, 0) is 0 Å². The van der Waals surface area contributed by atoms with Crippen molar-refractivity contribution in [3.63, 3.8) is 0 Å². The fourth-order valence-electron chi connectivity index (χ4n) is 8.13. The molecule has 0 bridgehead atoms. The van der Waals surface area contributed by atoms with Crippen LogP contribution in [0.4, 0.5) is 0 Å². The van der Waals surface area contributed by atoms with Gasteiger partial charge >= 0.3 is 0 Å². The molecular weight excluding hydrogens is 553 g/mol. The highest BCUT2D eigenvalue weighted by molar-refractivity contribution is 6.41. The van der Waals surface area contributed by atoms with Gasteiger partial charge in [-0.05, 0) is 98.0 Å². The van der Waals surface area contributed by atoms with E-state index in [0.717, 1.165) is 0 Å². The summed E-state index contributed by atoms with van der Waals surface area (Å²) in [5.74, 6) is 0. The van der Waals surface area contributed by atoms with Gasteiger partial charge in [-0.1, -0.05) is 170 Å². The second kappa shape index (κ2) is 9.76. The predicted molar refractivity (Wildman–Crippen MR) is 199 cm³/mol. The first-order valence-corrected chi connectivity index (χ1v) is 16.0. The lowest BCUT2D eigenvalue weighted by Crippen LogP contribution is -1.94. The molecule has 0 aliphatic carbocycles. The lowest BCUT2D eigenvalue weighted by Gasteiger charge is -2.22. The molecule has 212 valence electrons. The van der Waals surface area contributed by atoms with E-state index >= 15 is 0 Å². The molecule has 0 aliphatic heterocycles. The van der Waals surface area contributed by atoms with Gasteiger partial charge in [0.2, 0.25) is 0 Å². The van der Waals surface area contributed by atoms with Crippen LogP contribution >= 0.6 is 0 Å². The monoisotopic (exact) mass is 580 g/mol. The molecule has 0 nitrogen and oxygen atoms in total. The van der Waals surface area contributed by atoms with Crippen LogP contribution in [0.25, 0.3) is 98.0 Å². The van der Waals surface area contributed by atoms with Crippen LogP contribution in [0.5, 0.6) is 0 Å². The second-order valence-corrected chi connectivity index (χ2v) is 12.4. The SMILES string of the molecule is c1ccc(-c2c(-c3c4ccccc4c4c5ccc(-c6ccccc6)c6cccc(c7cccc3c74)c65)ccc3ccccc23)cc1. The van der Waals surface area contributed by atoms with E-state index in [-0.39, 0.29) is 0 Å². The number of rotatable bonds is 3. The Bertz CT molecular complexity index is 2770. The summed E-state index contributed by atoms with van der Waals surface area (Å²) in [6.45, 7) is 0. The van der Waals surface area contributed by atoms with Gasteiger partial charge < -0.3 is 0 Å². The summed E-state index contributed by atoms with van der Waals surface area (Å²) in [4.78, 5) is 0. The molecule has 0 heteroatoms. The largest absolute Gasteiger partial charge is 0.0622 e. The number of fused-ring (bicyclic) bond motifs is 5. The third-order valence-corrected chi connectivity index (χ3v) is 10.00. The van der Waals surface area contributed by atoms with E-state index in [1.165, 1.54) is 98.0 Å². The average Bonchev–Trinajstić information content (AvgIpc) is 3.13. The third-order valence-electron chi connectivity index (χ3n) is 10.00. The van der Waals surface area contributed by atoms with Gasteiger partial charge in [-0.15, -0.1) is 0 Å². The topological polar surface area (TPSA) is 0 Å². The van der Waals surface area contributed by atoms with E-state index < -0.39 is 0 Å². The summed E-state index contributed by atoms with van der Waals surface area (Å²) in [7, 11) is 0. The molecule has 0 amide bonds. The fraction of sp³-hybridized carbons (Fsp3) is 0. The van der Waals surface area contributed by atoms with Crippen molar-refractivity contribution >= 4 is 64.6 Å². The summed E-state index contributed by atoms with van der Waals surface area (Å²) in [5, 5.41) is 15.7. The molecule has 0 saturated heterocycles. The minimum atomic E-state index is 1.24. The van der Waals surface area contributed by atoms with Gasteiger partial charge in [0, 0.05) is 0 Å². The maximum Gasteiger partial charge on any atom is -0.00137 e. The molecule has 0 atom stereocenters. The van der Waals surface area contributed by atoms with E-state index in [4.69, 9.17) is 0 Å². The molecule has 46 heavy (non-hydrogen) atoms. The second-order valence-electron chi connectivity index (χ2n) is 12.4. The van der Waals surface area contributed by atoms with Gasteiger partial charge in [0.1, 0.15) is 0 Å². The van der Waals surface area contributed by atoms with E-state index in [9.17, 15) is 0 Å². The zero-order valence-corrected chi connectivity index (χ0v) is 25.2. The maximum atomic E-state index is 2.37. The van der Waals surface area contributed by atoms with Crippen LogP contribution in [0.2, 0.25) is 0 Å². The molecule has 10 aromatic rings.